The molecule has 2 rings (SSSR count). The van der Waals surface area contributed by atoms with Gasteiger partial charge in [0.1, 0.15) is 0 Å². The van der Waals surface area contributed by atoms with Crippen molar-refractivity contribution in [1.29, 1.82) is 0 Å². The molecule has 2 N–H and O–H groups in total. The average Bonchev–Trinajstić information content (AvgIpc) is 2.81. The maximum absolute atomic E-state index is 12.5. The van der Waals surface area contributed by atoms with Crippen LogP contribution in [-0.2, 0) is 0 Å². The first-order chi connectivity index (χ1) is 8.50. The number of benzene rings is 1. The van der Waals surface area contributed by atoms with Crippen LogP contribution in [0.25, 0.3) is 0 Å². The third-order valence-electron chi connectivity index (χ3n) is 4.06. The van der Waals surface area contributed by atoms with E-state index in [0.717, 1.165) is 30.6 Å². The van der Waals surface area contributed by atoms with Crippen molar-refractivity contribution in [3.05, 3.63) is 29.3 Å². The Morgan fingerprint density at radius 3 is 2.78 bits per heavy atom. The van der Waals surface area contributed by atoms with E-state index in [2.05, 4.69) is 13.8 Å². The first kappa shape index (κ1) is 12.9. The Bertz CT molecular complexity index is 454. The van der Waals surface area contributed by atoms with E-state index >= 15 is 0 Å². The third-order valence-corrected chi connectivity index (χ3v) is 4.06. The molecule has 1 aliphatic heterocycles. The van der Waals surface area contributed by atoms with Gasteiger partial charge in [-0.25, -0.2) is 0 Å². The van der Waals surface area contributed by atoms with Crippen molar-refractivity contribution in [2.45, 2.75) is 27.2 Å². The van der Waals surface area contributed by atoms with Gasteiger partial charge in [-0.3, -0.25) is 4.79 Å². The van der Waals surface area contributed by atoms with Crippen molar-refractivity contribution in [3.63, 3.8) is 0 Å². The van der Waals surface area contributed by atoms with Crippen molar-refractivity contribution >= 4 is 11.6 Å². The number of carbonyl (C=O) groups excluding carboxylic acids is 1. The van der Waals surface area contributed by atoms with Crippen molar-refractivity contribution in [3.8, 4) is 0 Å². The van der Waals surface area contributed by atoms with E-state index in [9.17, 15) is 4.79 Å². The standard InChI is InChI=1S/C15H22N2O/c1-10(2)12-7-8-17(9-12)15(18)13-5-4-6-14(16)11(13)3/h4-6,10,12H,7-9,16H2,1-3H3. The summed E-state index contributed by atoms with van der Waals surface area (Å²) in [4.78, 5) is 14.4. The number of likely N-dealkylation sites (tertiary alicyclic amines) is 1. The van der Waals surface area contributed by atoms with Crippen LogP contribution >= 0.6 is 0 Å². The summed E-state index contributed by atoms with van der Waals surface area (Å²) in [6.45, 7) is 8.12. The minimum absolute atomic E-state index is 0.128. The van der Waals surface area contributed by atoms with E-state index in [-0.39, 0.29) is 5.91 Å². The Kier molecular flexibility index (Phi) is 3.60. The Morgan fingerprint density at radius 2 is 2.17 bits per heavy atom. The second kappa shape index (κ2) is 5.01. The summed E-state index contributed by atoms with van der Waals surface area (Å²) in [6, 6.07) is 5.56. The Balaban J connectivity index is 2.16. The molecule has 18 heavy (non-hydrogen) atoms. The Labute approximate surface area is 109 Å². The number of hydrogen-bond donors (Lipinski definition) is 1. The Hall–Kier alpha value is -1.51. The number of nitrogen functional groups attached to an aromatic ring is 1. The molecule has 1 aromatic rings. The molecule has 3 heteroatoms. The van der Waals surface area contributed by atoms with Crippen LogP contribution in [0.2, 0.25) is 0 Å². The molecule has 0 saturated carbocycles. The molecule has 0 aromatic heterocycles. The predicted octanol–water partition coefficient (Wildman–Crippen LogP) is 2.70. The first-order valence-electron chi connectivity index (χ1n) is 6.65. The second-order valence-corrected chi connectivity index (χ2v) is 5.56. The van der Waals surface area contributed by atoms with Crippen molar-refractivity contribution < 1.29 is 4.79 Å². The van der Waals surface area contributed by atoms with Crippen LogP contribution in [0.3, 0.4) is 0 Å². The molecular formula is C15H22N2O. The third kappa shape index (κ3) is 2.35. The number of nitrogens with zero attached hydrogens (tertiary/aromatic N) is 1. The minimum atomic E-state index is 0.128. The van der Waals surface area contributed by atoms with Crippen LogP contribution in [0, 0.1) is 18.8 Å². The molecule has 1 heterocycles. The molecule has 1 aromatic carbocycles. The SMILES string of the molecule is Cc1c(N)cccc1C(=O)N1CCC(C(C)C)C1. The highest BCUT2D eigenvalue weighted by Gasteiger charge is 2.29. The summed E-state index contributed by atoms with van der Waals surface area (Å²) in [5, 5.41) is 0. The van der Waals surface area contributed by atoms with Gasteiger partial charge in [0.15, 0.2) is 0 Å². The number of hydrogen-bond acceptors (Lipinski definition) is 2. The smallest absolute Gasteiger partial charge is 0.254 e. The number of nitrogens with two attached hydrogens (primary N) is 1. The highest BCUT2D eigenvalue weighted by molar-refractivity contribution is 5.97. The molecule has 1 fully saturated rings. The second-order valence-electron chi connectivity index (χ2n) is 5.56. The molecular weight excluding hydrogens is 224 g/mol. The number of anilines is 1. The molecule has 1 atom stereocenters. The quantitative estimate of drug-likeness (QED) is 0.815. The molecule has 0 spiro atoms. The molecule has 1 saturated heterocycles. The van der Waals surface area contributed by atoms with E-state index in [0.29, 0.717) is 17.5 Å². The zero-order valence-corrected chi connectivity index (χ0v) is 11.4. The zero-order valence-electron chi connectivity index (χ0n) is 11.4. The summed E-state index contributed by atoms with van der Waals surface area (Å²) in [6.07, 6.45) is 1.12. The lowest BCUT2D eigenvalue weighted by Crippen LogP contribution is -2.30. The van der Waals surface area contributed by atoms with Gasteiger partial charge < -0.3 is 10.6 Å². The van der Waals surface area contributed by atoms with Crippen molar-refractivity contribution in [2.75, 3.05) is 18.8 Å². The van der Waals surface area contributed by atoms with Crippen LogP contribution in [0.5, 0.6) is 0 Å². The van der Waals surface area contributed by atoms with Gasteiger partial charge in [0.05, 0.1) is 0 Å². The van der Waals surface area contributed by atoms with Gasteiger partial charge in [-0.1, -0.05) is 19.9 Å². The van der Waals surface area contributed by atoms with Crippen LogP contribution in [0.4, 0.5) is 5.69 Å². The van der Waals surface area contributed by atoms with E-state index in [1.165, 1.54) is 0 Å². The molecule has 1 amide bonds. The van der Waals surface area contributed by atoms with E-state index in [1.54, 1.807) is 0 Å². The van der Waals surface area contributed by atoms with Gasteiger partial charge in [0, 0.05) is 24.3 Å². The maximum atomic E-state index is 12.5. The lowest BCUT2D eigenvalue weighted by atomic mass is 9.95. The minimum Gasteiger partial charge on any atom is -0.398 e. The summed E-state index contributed by atoms with van der Waals surface area (Å²) in [7, 11) is 0. The van der Waals surface area contributed by atoms with Gasteiger partial charge >= 0.3 is 0 Å². The topological polar surface area (TPSA) is 46.3 Å². The Morgan fingerprint density at radius 1 is 1.44 bits per heavy atom. The zero-order chi connectivity index (χ0) is 13.3. The lowest BCUT2D eigenvalue weighted by Gasteiger charge is -2.19. The molecule has 1 aliphatic rings. The van der Waals surface area contributed by atoms with E-state index < -0.39 is 0 Å². The van der Waals surface area contributed by atoms with Crippen molar-refractivity contribution in [2.24, 2.45) is 11.8 Å². The van der Waals surface area contributed by atoms with Gasteiger partial charge in [-0.15, -0.1) is 0 Å². The highest BCUT2D eigenvalue weighted by atomic mass is 16.2. The van der Waals surface area contributed by atoms with Crippen molar-refractivity contribution in [1.82, 2.24) is 4.90 Å². The predicted molar refractivity (Wildman–Crippen MR) is 74.4 cm³/mol. The summed E-state index contributed by atoms with van der Waals surface area (Å²) >= 11 is 0. The van der Waals surface area contributed by atoms with Crippen LogP contribution in [0.1, 0.15) is 36.2 Å². The number of carbonyl (C=O) groups is 1. The monoisotopic (exact) mass is 246 g/mol. The van der Waals surface area contributed by atoms with Crippen LogP contribution < -0.4 is 5.73 Å². The fourth-order valence-corrected chi connectivity index (χ4v) is 2.57. The van der Waals surface area contributed by atoms with Gasteiger partial charge in [0.2, 0.25) is 0 Å². The molecule has 0 aliphatic carbocycles. The highest BCUT2D eigenvalue weighted by Crippen LogP contribution is 2.26. The van der Waals surface area contributed by atoms with Crippen LogP contribution in [-0.4, -0.2) is 23.9 Å². The largest absolute Gasteiger partial charge is 0.398 e. The fourth-order valence-electron chi connectivity index (χ4n) is 2.57. The summed E-state index contributed by atoms with van der Waals surface area (Å²) in [5.41, 5.74) is 8.20. The fraction of sp³-hybridized carbons (Fsp3) is 0.533. The lowest BCUT2D eigenvalue weighted by molar-refractivity contribution is 0.0783. The van der Waals surface area contributed by atoms with Gasteiger partial charge in [0.25, 0.3) is 5.91 Å². The number of amides is 1. The van der Waals surface area contributed by atoms with E-state index in [4.69, 9.17) is 5.73 Å². The summed E-state index contributed by atoms with van der Waals surface area (Å²) in [5.74, 6) is 1.41. The molecule has 0 bridgehead atoms. The van der Waals surface area contributed by atoms with Gasteiger partial charge in [-0.2, -0.15) is 0 Å². The molecule has 0 radical (unpaired) electrons. The molecule has 1 unspecified atom stereocenters. The molecule has 3 nitrogen and oxygen atoms in total. The van der Waals surface area contributed by atoms with Gasteiger partial charge in [-0.05, 0) is 42.9 Å². The molecule has 98 valence electrons. The van der Waals surface area contributed by atoms with E-state index in [1.807, 2.05) is 30.0 Å². The first-order valence-corrected chi connectivity index (χ1v) is 6.65. The van der Waals surface area contributed by atoms with Crippen LogP contribution in [0.15, 0.2) is 18.2 Å². The average molecular weight is 246 g/mol. The number of rotatable bonds is 2. The maximum Gasteiger partial charge on any atom is 0.254 e. The normalized spacial score (nSPS) is 19.6. The summed E-state index contributed by atoms with van der Waals surface area (Å²) < 4.78 is 0.